The van der Waals surface area contributed by atoms with Crippen LogP contribution in [0.4, 0.5) is 0 Å². The molecule has 0 saturated carbocycles. The van der Waals surface area contributed by atoms with E-state index < -0.39 is 0 Å². The minimum Gasteiger partial charge on any atom is -0.354 e. The molecule has 2 N–H and O–H groups in total. The Balaban J connectivity index is 2.19. The number of benzene rings is 1. The number of hydrogen-bond donors (Lipinski definition) is 2. The van der Waals surface area contributed by atoms with Gasteiger partial charge in [-0.3, -0.25) is 4.79 Å². The van der Waals surface area contributed by atoms with Crippen LogP contribution >= 0.6 is 0 Å². The normalized spacial score (nSPS) is 22.6. The van der Waals surface area contributed by atoms with Crippen molar-refractivity contribution in [2.45, 2.75) is 12.5 Å². The molecule has 0 bridgehead atoms. The third-order valence-corrected chi connectivity index (χ3v) is 2.40. The van der Waals surface area contributed by atoms with E-state index >= 15 is 0 Å². The Kier molecular flexibility index (Phi) is 2.79. The molecule has 0 aliphatic carbocycles. The lowest BCUT2D eigenvalue weighted by molar-refractivity contribution is -0.122. The molecule has 0 radical (unpaired) electrons. The van der Waals surface area contributed by atoms with Gasteiger partial charge in [0.2, 0.25) is 5.91 Å². The lowest BCUT2D eigenvalue weighted by Gasteiger charge is -2.14. The van der Waals surface area contributed by atoms with Crippen molar-refractivity contribution in [3.05, 3.63) is 35.9 Å². The number of hydrogen-bond acceptors (Lipinski definition) is 2. The highest BCUT2D eigenvalue weighted by molar-refractivity contribution is 5.83. The summed E-state index contributed by atoms with van der Waals surface area (Å²) in [5.74, 6) is 0.0775. The summed E-state index contributed by atoms with van der Waals surface area (Å²) in [6.45, 7) is 1.66. The van der Waals surface area contributed by atoms with Gasteiger partial charge in [-0.1, -0.05) is 30.3 Å². The molecule has 14 heavy (non-hydrogen) atoms. The molecule has 1 aromatic rings. The van der Waals surface area contributed by atoms with Crippen molar-refractivity contribution in [3.63, 3.8) is 0 Å². The van der Waals surface area contributed by atoms with Crippen molar-refractivity contribution in [3.8, 4) is 0 Å². The van der Waals surface area contributed by atoms with E-state index in [4.69, 9.17) is 0 Å². The fourth-order valence-corrected chi connectivity index (χ4v) is 1.66. The molecule has 1 saturated heterocycles. The highest BCUT2D eigenvalue weighted by Gasteiger charge is 2.20. The third kappa shape index (κ3) is 1.93. The number of rotatable bonds is 1. The van der Waals surface area contributed by atoms with Crippen LogP contribution in [0.2, 0.25) is 0 Å². The molecule has 1 amide bonds. The maximum Gasteiger partial charge on any atom is 0.241 e. The Labute approximate surface area is 83.5 Å². The largest absolute Gasteiger partial charge is 0.354 e. The number of carbonyl (C=O) groups excluding carboxylic acids is 1. The van der Waals surface area contributed by atoms with E-state index in [9.17, 15) is 4.79 Å². The first-order chi connectivity index (χ1) is 6.88. The molecule has 1 fully saturated rings. The molecule has 0 aromatic heterocycles. The minimum atomic E-state index is -0.182. The highest BCUT2D eigenvalue weighted by atomic mass is 16.2. The van der Waals surface area contributed by atoms with Crippen LogP contribution in [0.5, 0.6) is 0 Å². The van der Waals surface area contributed by atoms with Crippen LogP contribution in [0.1, 0.15) is 18.0 Å². The lowest BCUT2D eigenvalue weighted by atomic mass is 10.1. The second-order valence-electron chi connectivity index (χ2n) is 3.44. The topological polar surface area (TPSA) is 41.1 Å². The molecule has 3 heteroatoms. The first kappa shape index (κ1) is 9.21. The molecule has 2 rings (SSSR count). The average molecular weight is 190 g/mol. The third-order valence-electron chi connectivity index (χ3n) is 2.40. The molecule has 1 aliphatic heterocycles. The summed E-state index contributed by atoms with van der Waals surface area (Å²) in [5.41, 5.74) is 1.03. The first-order valence-electron chi connectivity index (χ1n) is 4.94. The van der Waals surface area contributed by atoms with Crippen LogP contribution in [0.25, 0.3) is 0 Å². The summed E-state index contributed by atoms with van der Waals surface area (Å²) in [6.07, 6.45) is 0.995. The van der Waals surface area contributed by atoms with Gasteiger partial charge in [-0.25, -0.2) is 0 Å². The van der Waals surface area contributed by atoms with Crippen molar-refractivity contribution in [1.29, 1.82) is 0 Å². The Morgan fingerprint density at radius 3 is 2.71 bits per heavy atom. The van der Waals surface area contributed by atoms with Gasteiger partial charge in [0.1, 0.15) is 6.04 Å². The van der Waals surface area contributed by atoms with Crippen LogP contribution in [-0.4, -0.2) is 19.0 Å². The Morgan fingerprint density at radius 1 is 1.14 bits per heavy atom. The fraction of sp³-hybridized carbons (Fsp3) is 0.364. The fourth-order valence-electron chi connectivity index (χ4n) is 1.66. The van der Waals surface area contributed by atoms with E-state index in [0.29, 0.717) is 0 Å². The summed E-state index contributed by atoms with van der Waals surface area (Å²) in [6, 6.07) is 9.63. The number of amides is 1. The van der Waals surface area contributed by atoms with E-state index in [1.54, 1.807) is 0 Å². The van der Waals surface area contributed by atoms with Crippen LogP contribution in [-0.2, 0) is 4.79 Å². The highest BCUT2D eigenvalue weighted by Crippen LogP contribution is 2.13. The van der Waals surface area contributed by atoms with E-state index in [1.165, 1.54) is 0 Å². The van der Waals surface area contributed by atoms with Crippen LogP contribution < -0.4 is 10.6 Å². The van der Waals surface area contributed by atoms with Gasteiger partial charge in [-0.15, -0.1) is 0 Å². The average Bonchev–Trinajstić information content (AvgIpc) is 2.44. The molecule has 0 spiro atoms. The second kappa shape index (κ2) is 4.24. The Morgan fingerprint density at radius 2 is 1.93 bits per heavy atom. The molecular formula is C11H14N2O. The Bertz CT molecular complexity index is 310. The number of carbonyl (C=O) groups is 1. The van der Waals surface area contributed by atoms with Crippen molar-refractivity contribution in [2.75, 3.05) is 13.1 Å². The van der Waals surface area contributed by atoms with Gasteiger partial charge in [0.15, 0.2) is 0 Å². The van der Waals surface area contributed by atoms with Crippen molar-refractivity contribution in [1.82, 2.24) is 10.6 Å². The molecule has 1 atom stereocenters. The summed E-state index contributed by atoms with van der Waals surface area (Å²) >= 11 is 0. The molecular weight excluding hydrogens is 176 g/mol. The van der Waals surface area contributed by atoms with Gasteiger partial charge in [-0.05, 0) is 18.5 Å². The second-order valence-corrected chi connectivity index (χ2v) is 3.44. The predicted molar refractivity (Wildman–Crippen MR) is 54.8 cm³/mol. The molecule has 74 valence electrons. The first-order valence-corrected chi connectivity index (χ1v) is 4.94. The zero-order chi connectivity index (χ0) is 9.80. The van der Waals surface area contributed by atoms with Gasteiger partial charge in [0.05, 0.1) is 0 Å². The van der Waals surface area contributed by atoms with Crippen molar-refractivity contribution in [2.24, 2.45) is 0 Å². The maximum atomic E-state index is 11.6. The standard InChI is InChI=1S/C11H14N2O/c14-11-10(12-7-4-8-13-11)9-5-2-1-3-6-9/h1-3,5-6,10,12H,4,7-8H2,(H,13,14)/t10-/m1/s1. The van der Waals surface area contributed by atoms with Crippen LogP contribution in [0, 0.1) is 0 Å². The van der Waals surface area contributed by atoms with E-state index in [0.717, 1.165) is 25.1 Å². The molecule has 1 aliphatic rings. The van der Waals surface area contributed by atoms with Crippen LogP contribution in [0.3, 0.4) is 0 Å². The van der Waals surface area contributed by atoms with Gasteiger partial charge < -0.3 is 10.6 Å². The summed E-state index contributed by atoms with van der Waals surface area (Å²) < 4.78 is 0. The Hall–Kier alpha value is -1.35. The molecule has 0 unspecified atom stereocenters. The summed E-state index contributed by atoms with van der Waals surface area (Å²) in [7, 11) is 0. The zero-order valence-electron chi connectivity index (χ0n) is 7.99. The monoisotopic (exact) mass is 190 g/mol. The lowest BCUT2D eigenvalue weighted by Crippen LogP contribution is -2.33. The van der Waals surface area contributed by atoms with E-state index in [-0.39, 0.29) is 11.9 Å². The van der Waals surface area contributed by atoms with Gasteiger partial charge in [0, 0.05) is 6.54 Å². The SMILES string of the molecule is O=C1NCCCN[C@@H]1c1ccccc1. The van der Waals surface area contributed by atoms with E-state index in [2.05, 4.69) is 10.6 Å². The molecule has 1 aromatic carbocycles. The van der Waals surface area contributed by atoms with Gasteiger partial charge in [-0.2, -0.15) is 0 Å². The summed E-state index contributed by atoms with van der Waals surface area (Å²) in [5, 5.41) is 6.13. The van der Waals surface area contributed by atoms with Gasteiger partial charge >= 0.3 is 0 Å². The number of nitrogens with one attached hydrogen (secondary N) is 2. The summed E-state index contributed by atoms with van der Waals surface area (Å²) in [4.78, 5) is 11.6. The van der Waals surface area contributed by atoms with Crippen LogP contribution in [0.15, 0.2) is 30.3 Å². The molecule has 1 heterocycles. The zero-order valence-corrected chi connectivity index (χ0v) is 7.99. The predicted octanol–water partition coefficient (Wildman–Crippen LogP) is 0.837. The van der Waals surface area contributed by atoms with Gasteiger partial charge in [0.25, 0.3) is 0 Å². The quantitative estimate of drug-likeness (QED) is 0.689. The van der Waals surface area contributed by atoms with Crippen molar-refractivity contribution >= 4 is 5.91 Å². The smallest absolute Gasteiger partial charge is 0.241 e. The minimum absolute atomic E-state index is 0.0775. The maximum absolute atomic E-state index is 11.6. The van der Waals surface area contributed by atoms with E-state index in [1.807, 2.05) is 30.3 Å². The van der Waals surface area contributed by atoms with Crippen molar-refractivity contribution < 1.29 is 4.79 Å². The molecule has 3 nitrogen and oxygen atoms in total.